The molecule has 1 N–H and O–H groups in total. The molecule has 9 heavy (non-hydrogen) atoms. The van der Waals surface area contributed by atoms with Crippen LogP contribution in [0.4, 0.5) is 0 Å². The topological polar surface area (TPSA) is 20.2 Å². The summed E-state index contributed by atoms with van der Waals surface area (Å²) in [5, 5.41) is 9.00. The summed E-state index contributed by atoms with van der Waals surface area (Å²) >= 11 is 0. The molecule has 1 rings (SSSR count). The van der Waals surface area contributed by atoms with E-state index in [4.69, 9.17) is 5.11 Å². The van der Waals surface area contributed by atoms with E-state index in [0.717, 1.165) is 5.92 Å². The Morgan fingerprint density at radius 3 is 2.56 bits per heavy atom. The van der Waals surface area contributed by atoms with Crippen LogP contribution in [0.1, 0.15) is 33.1 Å². The summed E-state index contributed by atoms with van der Waals surface area (Å²) in [7, 11) is 0. The molecule has 0 radical (unpaired) electrons. The number of rotatable bonds is 1. The molecule has 0 unspecified atom stereocenters. The van der Waals surface area contributed by atoms with Crippen LogP contribution < -0.4 is 0 Å². The van der Waals surface area contributed by atoms with Crippen molar-refractivity contribution in [1.29, 1.82) is 0 Å². The molecule has 0 aromatic carbocycles. The minimum absolute atomic E-state index is 0.250. The smallest absolute Gasteiger partial charge is 0.0487 e. The van der Waals surface area contributed by atoms with Gasteiger partial charge in [0.15, 0.2) is 0 Å². The summed E-state index contributed by atoms with van der Waals surface area (Å²) in [6, 6.07) is 0. The van der Waals surface area contributed by atoms with Gasteiger partial charge in [0.05, 0.1) is 0 Å². The first kappa shape index (κ1) is 7.07. The highest BCUT2D eigenvalue weighted by molar-refractivity contribution is 4.84. The molecule has 1 fully saturated rings. The second-order valence-electron chi connectivity index (χ2n) is 3.61. The maximum atomic E-state index is 9.00. The third kappa shape index (κ3) is 1.11. The van der Waals surface area contributed by atoms with Crippen molar-refractivity contribution in [2.24, 2.45) is 11.3 Å². The maximum Gasteiger partial charge on any atom is 0.0487 e. The Morgan fingerprint density at radius 2 is 2.33 bits per heavy atom. The zero-order valence-corrected chi connectivity index (χ0v) is 6.35. The Balaban J connectivity index is 2.56. The lowest BCUT2D eigenvalue weighted by molar-refractivity contribution is 0.110. The van der Waals surface area contributed by atoms with Crippen molar-refractivity contribution in [3.63, 3.8) is 0 Å². The highest BCUT2D eigenvalue weighted by Crippen LogP contribution is 2.41. The molecule has 0 bridgehead atoms. The maximum absolute atomic E-state index is 9.00. The average molecular weight is 128 g/mol. The Morgan fingerprint density at radius 1 is 1.67 bits per heavy atom. The van der Waals surface area contributed by atoms with E-state index in [9.17, 15) is 0 Å². The van der Waals surface area contributed by atoms with E-state index < -0.39 is 0 Å². The van der Waals surface area contributed by atoms with Gasteiger partial charge in [-0.25, -0.2) is 0 Å². The van der Waals surface area contributed by atoms with Crippen LogP contribution in [0.5, 0.6) is 0 Å². The normalized spacial score (nSPS) is 43.7. The van der Waals surface area contributed by atoms with Crippen molar-refractivity contribution in [2.45, 2.75) is 33.1 Å². The fourth-order valence-electron chi connectivity index (χ4n) is 1.64. The van der Waals surface area contributed by atoms with Gasteiger partial charge in [0, 0.05) is 6.61 Å². The molecule has 1 heteroatoms. The third-order valence-electron chi connectivity index (χ3n) is 2.94. The van der Waals surface area contributed by atoms with Crippen LogP contribution in [-0.2, 0) is 0 Å². The largest absolute Gasteiger partial charge is 0.396 e. The summed E-state index contributed by atoms with van der Waals surface area (Å²) in [4.78, 5) is 0. The van der Waals surface area contributed by atoms with Crippen molar-refractivity contribution in [2.75, 3.05) is 6.61 Å². The average Bonchev–Trinajstić information content (AvgIpc) is 2.15. The zero-order valence-electron chi connectivity index (χ0n) is 6.35. The predicted molar refractivity (Wildman–Crippen MR) is 38.2 cm³/mol. The van der Waals surface area contributed by atoms with Gasteiger partial charge in [-0.3, -0.25) is 0 Å². The van der Waals surface area contributed by atoms with Crippen molar-refractivity contribution in [3.05, 3.63) is 0 Å². The molecule has 1 nitrogen and oxygen atoms in total. The number of hydrogen-bond acceptors (Lipinski definition) is 1. The van der Waals surface area contributed by atoms with E-state index in [-0.39, 0.29) is 5.41 Å². The second-order valence-corrected chi connectivity index (χ2v) is 3.61. The van der Waals surface area contributed by atoms with Gasteiger partial charge >= 0.3 is 0 Å². The molecule has 0 aromatic heterocycles. The van der Waals surface area contributed by atoms with Crippen LogP contribution in [-0.4, -0.2) is 11.7 Å². The quantitative estimate of drug-likeness (QED) is 0.571. The molecule has 0 saturated heterocycles. The Hall–Kier alpha value is -0.0400. The minimum Gasteiger partial charge on any atom is -0.396 e. The number of aliphatic hydroxyl groups is 1. The minimum atomic E-state index is 0.250. The van der Waals surface area contributed by atoms with Gasteiger partial charge in [0.25, 0.3) is 0 Å². The molecule has 1 aliphatic carbocycles. The number of aliphatic hydroxyl groups excluding tert-OH is 1. The van der Waals surface area contributed by atoms with Crippen LogP contribution in [0.3, 0.4) is 0 Å². The Kier molecular flexibility index (Phi) is 1.80. The van der Waals surface area contributed by atoms with Crippen LogP contribution >= 0.6 is 0 Å². The molecule has 0 spiro atoms. The molecular formula is C8H16O. The molecule has 1 aliphatic rings. The third-order valence-corrected chi connectivity index (χ3v) is 2.94. The first-order chi connectivity index (χ1) is 4.19. The van der Waals surface area contributed by atoms with Crippen LogP contribution in [0.15, 0.2) is 0 Å². The highest BCUT2D eigenvalue weighted by Gasteiger charge is 2.34. The fourth-order valence-corrected chi connectivity index (χ4v) is 1.64. The van der Waals surface area contributed by atoms with Gasteiger partial charge in [-0.15, -0.1) is 0 Å². The molecule has 1 saturated carbocycles. The van der Waals surface area contributed by atoms with Crippen molar-refractivity contribution >= 4 is 0 Å². The molecular weight excluding hydrogens is 112 g/mol. The van der Waals surface area contributed by atoms with Crippen molar-refractivity contribution in [3.8, 4) is 0 Å². The summed E-state index contributed by atoms with van der Waals surface area (Å²) < 4.78 is 0. The standard InChI is InChI=1S/C8H16O/c1-7-4-3-5-8(7,2)6-9/h7,9H,3-6H2,1-2H3/t7-,8-/m0/s1. The van der Waals surface area contributed by atoms with Crippen molar-refractivity contribution < 1.29 is 5.11 Å². The van der Waals surface area contributed by atoms with E-state index >= 15 is 0 Å². The second kappa shape index (κ2) is 2.30. The highest BCUT2D eigenvalue weighted by atomic mass is 16.3. The van der Waals surface area contributed by atoms with Gasteiger partial charge in [0.2, 0.25) is 0 Å². The van der Waals surface area contributed by atoms with Gasteiger partial charge in [-0.05, 0) is 17.8 Å². The summed E-state index contributed by atoms with van der Waals surface area (Å²) in [5.41, 5.74) is 0.250. The lowest BCUT2D eigenvalue weighted by Crippen LogP contribution is -2.23. The number of hydrogen-bond donors (Lipinski definition) is 1. The first-order valence-electron chi connectivity index (χ1n) is 3.80. The van der Waals surface area contributed by atoms with E-state index in [0.29, 0.717) is 6.61 Å². The van der Waals surface area contributed by atoms with E-state index in [2.05, 4.69) is 13.8 Å². The fraction of sp³-hybridized carbons (Fsp3) is 1.00. The molecule has 0 aromatic rings. The van der Waals surface area contributed by atoms with Crippen LogP contribution in [0.2, 0.25) is 0 Å². The lowest BCUT2D eigenvalue weighted by atomic mass is 9.82. The first-order valence-corrected chi connectivity index (χ1v) is 3.80. The van der Waals surface area contributed by atoms with Gasteiger partial charge in [-0.2, -0.15) is 0 Å². The van der Waals surface area contributed by atoms with Gasteiger partial charge in [-0.1, -0.05) is 26.7 Å². The molecule has 2 atom stereocenters. The van der Waals surface area contributed by atoms with E-state index in [1.54, 1.807) is 0 Å². The monoisotopic (exact) mass is 128 g/mol. The summed E-state index contributed by atoms with van der Waals surface area (Å²) in [5.74, 6) is 0.725. The Bertz CT molecular complexity index is 101. The van der Waals surface area contributed by atoms with E-state index in [1.807, 2.05) is 0 Å². The molecule has 0 amide bonds. The molecule has 0 aliphatic heterocycles. The summed E-state index contributed by atoms with van der Waals surface area (Å²) in [6.45, 7) is 4.79. The van der Waals surface area contributed by atoms with E-state index in [1.165, 1.54) is 19.3 Å². The van der Waals surface area contributed by atoms with Crippen LogP contribution in [0, 0.1) is 11.3 Å². The van der Waals surface area contributed by atoms with Crippen LogP contribution in [0.25, 0.3) is 0 Å². The zero-order chi connectivity index (χ0) is 6.91. The van der Waals surface area contributed by atoms with Crippen molar-refractivity contribution in [1.82, 2.24) is 0 Å². The molecule has 54 valence electrons. The van der Waals surface area contributed by atoms with Gasteiger partial charge in [0.1, 0.15) is 0 Å². The Labute approximate surface area is 57.1 Å². The summed E-state index contributed by atoms with van der Waals surface area (Å²) in [6.07, 6.45) is 3.82. The van der Waals surface area contributed by atoms with Gasteiger partial charge < -0.3 is 5.11 Å². The predicted octanol–water partition coefficient (Wildman–Crippen LogP) is 1.81. The lowest BCUT2D eigenvalue weighted by Gasteiger charge is -2.25. The SMILES string of the molecule is C[C@H]1CCC[C@@]1(C)CO. The molecule has 0 heterocycles.